The summed E-state index contributed by atoms with van der Waals surface area (Å²) in [4.78, 5) is 9.93. The first-order chi connectivity index (χ1) is 11.8. The van der Waals surface area contributed by atoms with Gasteiger partial charge in [0.25, 0.3) is 0 Å². The van der Waals surface area contributed by atoms with Crippen molar-refractivity contribution in [2.24, 2.45) is 10.7 Å². The largest absolute Gasteiger partial charge is 0.431 e. The monoisotopic (exact) mass is 355 g/mol. The van der Waals surface area contributed by atoms with Crippen LogP contribution in [-0.2, 0) is 12.7 Å². The van der Waals surface area contributed by atoms with Crippen LogP contribution in [0.4, 0.5) is 17.6 Å². The van der Waals surface area contributed by atoms with E-state index in [1.807, 2.05) is 0 Å². The maximum absolute atomic E-state index is 12.9. The van der Waals surface area contributed by atoms with E-state index in [1.54, 1.807) is 13.0 Å². The number of rotatable bonds is 6. The Labute approximate surface area is 141 Å². The Balaban J connectivity index is 2.14. The van der Waals surface area contributed by atoms with Crippen LogP contribution in [-0.4, -0.2) is 23.0 Å². The van der Waals surface area contributed by atoms with Gasteiger partial charge in [-0.1, -0.05) is 6.58 Å². The van der Waals surface area contributed by atoms with Gasteiger partial charge in [-0.15, -0.1) is 0 Å². The van der Waals surface area contributed by atoms with Crippen molar-refractivity contribution in [3.63, 3.8) is 0 Å². The van der Waals surface area contributed by atoms with Gasteiger partial charge in [-0.25, -0.2) is 14.4 Å². The Morgan fingerprint density at radius 2 is 2.16 bits per heavy atom. The fourth-order valence-corrected chi connectivity index (χ4v) is 2.15. The summed E-state index contributed by atoms with van der Waals surface area (Å²) in [5.74, 6) is 0. The summed E-state index contributed by atoms with van der Waals surface area (Å²) >= 11 is 0. The average Bonchev–Trinajstić information content (AvgIpc) is 3.00. The molecule has 0 aliphatic heterocycles. The second-order valence-corrected chi connectivity index (χ2v) is 5.28. The molecule has 2 aromatic rings. The van der Waals surface area contributed by atoms with Crippen LogP contribution in [0.2, 0.25) is 0 Å². The molecule has 0 aliphatic carbocycles. The maximum atomic E-state index is 12.9. The van der Waals surface area contributed by atoms with E-state index >= 15 is 0 Å². The fourth-order valence-electron chi connectivity index (χ4n) is 2.15. The zero-order chi connectivity index (χ0) is 18.6. The molecular formula is C16H17F4N5. The van der Waals surface area contributed by atoms with Crippen molar-refractivity contribution in [1.82, 2.24) is 15.3 Å². The van der Waals surface area contributed by atoms with Crippen LogP contribution in [0.3, 0.4) is 0 Å². The molecule has 4 N–H and O–H groups in total. The number of fused-ring (bicyclic) bond motifs is 1. The molecule has 5 nitrogen and oxygen atoms in total. The summed E-state index contributed by atoms with van der Waals surface area (Å²) in [6.45, 7) is 4.90. The number of aromatic amines is 1. The van der Waals surface area contributed by atoms with Crippen molar-refractivity contribution >= 4 is 17.4 Å². The number of nitrogens with one attached hydrogen (secondary N) is 2. The van der Waals surface area contributed by atoms with E-state index in [0.717, 1.165) is 12.4 Å². The number of nitrogens with two attached hydrogens (primary N) is 1. The lowest BCUT2D eigenvalue weighted by Crippen LogP contribution is -2.14. The molecule has 0 fully saturated rings. The van der Waals surface area contributed by atoms with Crippen molar-refractivity contribution in [2.45, 2.75) is 19.6 Å². The Bertz CT molecular complexity index is 833. The molecule has 25 heavy (non-hydrogen) atoms. The van der Waals surface area contributed by atoms with Crippen molar-refractivity contribution < 1.29 is 17.6 Å². The van der Waals surface area contributed by atoms with Gasteiger partial charge in [-0.05, 0) is 30.2 Å². The number of aromatic nitrogens is 2. The highest BCUT2D eigenvalue weighted by Crippen LogP contribution is 2.30. The van der Waals surface area contributed by atoms with Gasteiger partial charge < -0.3 is 16.0 Å². The number of hydrogen-bond donors (Lipinski definition) is 3. The molecule has 0 aromatic carbocycles. The number of pyridine rings is 1. The molecule has 0 bridgehead atoms. The molecule has 2 heterocycles. The predicted octanol–water partition coefficient (Wildman–Crippen LogP) is 3.42. The van der Waals surface area contributed by atoms with Gasteiger partial charge in [0.2, 0.25) is 0 Å². The van der Waals surface area contributed by atoms with Crippen molar-refractivity contribution in [3.8, 4) is 0 Å². The Morgan fingerprint density at radius 3 is 2.76 bits per heavy atom. The lowest BCUT2D eigenvalue weighted by molar-refractivity contribution is -0.140. The normalized spacial score (nSPS) is 13.3. The molecule has 0 spiro atoms. The van der Waals surface area contributed by atoms with E-state index in [9.17, 15) is 17.6 Å². The molecule has 9 heteroatoms. The molecule has 134 valence electrons. The molecule has 0 atom stereocenters. The van der Waals surface area contributed by atoms with Crippen LogP contribution in [0.1, 0.15) is 18.2 Å². The molecule has 0 saturated heterocycles. The molecule has 0 saturated carbocycles. The minimum atomic E-state index is -4.46. The first-order valence-corrected chi connectivity index (χ1v) is 7.24. The Morgan fingerprint density at radius 1 is 1.44 bits per heavy atom. The van der Waals surface area contributed by atoms with E-state index in [-0.39, 0.29) is 17.9 Å². The highest BCUT2D eigenvalue weighted by molar-refractivity contribution is 5.77. The van der Waals surface area contributed by atoms with Crippen LogP contribution in [0, 0.1) is 0 Å². The lowest BCUT2D eigenvalue weighted by Gasteiger charge is -2.12. The highest BCUT2D eigenvalue weighted by atomic mass is 19.4. The number of allylic oxidation sites excluding steroid dienone is 2. The zero-order valence-corrected chi connectivity index (χ0v) is 13.4. The van der Waals surface area contributed by atoms with Gasteiger partial charge in [0.05, 0.1) is 12.0 Å². The first-order valence-electron chi connectivity index (χ1n) is 7.24. The smallest absolute Gasteiger partial charge is 0.390 e. The van der Waals surface area contributed by atoms with Gasteiger partial charge >= 0.3 is 6.18 Å². The van der Waals surface area contributed by atoms with E-state index in [4.69, 9.17) is 5.73 Å². The fraction of sp³-hybridized carbons (Fsp3) is 0.250. The van der Waals surface area contributed by atoms with Gasteiger partial charge in [-0.3, -0.25) is 0 Å². The van der Waals surface area contributed by atoms with Gasteiger partial charge in [0, 0.05) is 23.8 Å². The maximum Gasteiger partial charge on any atom is 0.431 e. The standard InChI is InChI=1S/C16H17F4N5/c1-9(13(5-17)24-8-21)10(2)22-6-11-3-12-4-14(16(18,19)20)25-15(12)23-7-11/h3-4,7-8,22H,2,5-6H2,1H3,(H2,21,24)(H,23,25)/b13-9-. The highest BCUT2D eigenvalue weighted by Gasteiger charge is 2.32. The number of nitrogens with zero attached hydrogens (tertiary/aromatic N) is 2. The third kappa shape index (κ3) is 4.37. The second kappa shape index (κ2) is 7.37. The minimum Gasteiger partial charge on any atom is -0.390 e. The van der Waals surface area contributed by atoms with Crippen LogP contribution < -0.4 is 11.1 Å². The number of aliphatic imine (C=N–C) groups is 1. The Kier molecular flexibility index (Phi) is 5.45. The molecule has 0 radical (unpaired) electrons. The van der Waals surface area contributed by atoms with Crippen molar-refractivity contribution in [2.75, 3.05) is 6.67 Å². The third-order valence-corrected chi connectivity index (χ3v) is 3.58. The van der Waals surface area contributed by atoms with E-state index in [1.165, 1.54) is 6.20 Å². The van der Waals surface area contributed by atoms with E-state index in [0.29, 0.717) is 22.2 Å². The lowest BCUT2D eigenvalue weighted by atomic mass is 10.1. The quantitative estimate of drug-likeness (QED) is 0.322. The van der Waals surface area contributed by atoms with Crippen molar-refractivity contribution in [1.29, 1.82) is 0 Å². The van der Waals surface area contributed by atoms with E-state index < -0.39 is 18.5 Å². The van der Waals surface area contributed by atoms with Crippen LogP contribution in [0.25, 0.3) is 11.0 Å². The zero-order valence-electron chi connectivity index (χ0n) is 13.4. The van der Waals surface area contributed by atoms with Crippen LogP contribution in [0.5, 0.6) is 0 Å². The number of H-pyrrole nitrogens is 1. The molecular weight excluding hydrogens is 338 g/mol. The topological polar surface area (TPSA) is 79.1 Å². The number of hydrogen-bond acceptors (Lipinski definition) is 3. The molecule has 2 rings (SSSR count). The average molecular weight is 355 g/mol. The minimum absolute atomic E-state index is 0.147. The molecule has 0 unspecified atom stereocenters. The summed E-state index contributed by atoms with van der Waals surface area (Å²) in [6.07, 6.45) is -2.01. The summed E-state index contributed by atoms with van der Waals surface area (Å²) in [5.41, 5.74) is 6.20. The summed E-state index contributed by atoms with van der Waals surface area (Å²) in [6, 6.07) is 2.59. The first kappa shape index (κ1) is 18.5. The summed E-state index contributed by atoms with van der Waals surface area (Å²) < 4.78 is 51.0. The number of alkyl halides is 4. The summed E-state index contributed by atoms with van der Waals surface area (Å²) in [7, 11) is 0. The van der Waals surface area contributed by atoms with Gasteiger partial charge in [-0.2, -0.15) is 13.2 Å². The number of halogens is 4. The third-order valence-electron chi connectivity index (χ3n) is 3.58. The SMILES string of the molecule is C=C(NCc1cnc2[nH]c(C(F)(F)F)cc2c1)/C(C)=C(/CF)N=CN. The second-order valence-electron chi connectivity index (χ2n) is 5.28. The predicted molar refractivity (Wildman–Crippen MR) is 88.4 cm³/mol. The molecule has 0 amide bonds. The Hall–Kier alpha value is -2.84. The van der Waals surface area contributed by atoms with Gasteiger partial charge in [0.1, 0.15) is 18.0 Å². The van der Waals surface area contributed by atoms with Crippen LogP contribution >= 0.6 is 0 Å². The van der Waals surface area contributed by atoms with Crippen LogP contribution in [0.15, 0.2) is 46.9 Å². The summed E-state index contributed by atoms with van der Waals surface area (Å²) in [5, 5.41) is 3.32. The molecule has 2 aromatic heterocycles. The van der Waals surface area contributed by atoms with Gasteiger partial charge in [0.15, 0.2) is 0 Å². The van der Waals surface area contributed by atoms with E-state index in [2.05, 4.69) is 26.9 Å². The van der Waals surface area contributed by atoms with Crippen molar-refractivity contribution in [3.05, 3.63) is 53.1 Å². The molecule has 0 aliphatic rings.